The van der Waals surface area contributed by atoms with Gasteiger partial charge in [0.15, 0.2) is 0 Å². The van der Waals surface area contributed by atoms with Crippen molar-refractivity contribution in [2.45, 2.75) is 19.1 Å². The number of nitrogens with one attached hydrogen (secondary N) is 1. The van der Waals surface area contributed by atoms with Gasteiger partial charge in [-0.1, -0.05) is 0 Å². The lowest BCUT2D eigenvalue weighted by atomic mass is 10.2. The molecule has 0 saturated heterocycles. The van der Waals surface area contributed by atoms with Gasteiger partial charge in [-0.15, -0.1) is 0 Å². The van der Waals surface area contributed by atoms with Gasteiger partial charge in [0.2, 0.25) is 10.0 Å². The van der Waals surface area contributed by atoms with E-state index in [1.165, 1.54) is 13.8 Å². The van der Waals surface area contributed by atoms with Gasteiger partial charge >= 0.3 is 5.97 Å². The lowest BCUT2D eigenvalue weighted by molar-refractivity contribution is 0.0595. The minimum Gasteiger partial charge on any atom is -0.465 e. The molecule has 0 spiro atoms. The van der Waals surface area contributed by atoms with Gasteiger partial charge in [-0.2, -0.15) is 0 Å². The SMILES string of the molecule is COC(=O)c1cc(NS(=O)(=O)C(C)C)c(F)cc1F. The number of hydrogen-bond donors (Lipinski definition) is 1. The molecule has 106 valence electrons. The maximum atomic E-state index is 13.5. The summed E-state index contributed by atoms with van der Waals surface area (Å²) in [5, 5.41) is -0.807. The smallest absolute Gasteiger partial charge is 0.340 e. The summed E-state index contributed by atoms with van der Waals surface area (Å²) in [4.78, 5) is 11.2. The van der Waals surface area contributed by atoms with Crippen LogP contribution in [-0.4, -0.2) is 26.7 Å². The maximum absolute atomic E-state index is 13.5. The summed E-state index contributed by atoms with van der Waals surface area (Å²) < 4.78 is 56.3. The van der Waals surface area contributed by atoms with Gasteiger partial charge in [0, 0.05) is 6.07 Å². The number of anilines is 1. The molecule has 0 heterocycles. The van der Waals surface area contributed by atoms with Crippen LogP contribution in [0.25, 0.3) is 0 Å². The molecule has 1 aromatic rings. The van der Waals surface area contributed by atoms with Crippen LogP contribution in [0.4, 0.5) is 14.5 Å². The third kappa shape index (κ3) is 3.40. The molecule has 0 aromatic heterocycles. The number of rotatable bonds is 4. The molecule has 0 amide bonds. The number of carbonyl (C=O) groups excluding carboxylic acids is 1. The fourth-order valence-electron chi connectivity index (χ4n) is 1.16. The predicted molar refractivity (Wildman–Crippen MR) is 65.4 cm³/mol. The average Bonchev–Trinajstić information content (AvgIpc) is 2.31. The number of halogens is 2. The Morgan fingerprint density at radius 3 is 2.32 bits per heavy atom. The molecular weight excluding hydrogens is 280 g/mol. The average molecular weight is 293 g/mol. The van der Waals surface area contributed by atoms with Crippen molar-refractivity contribution in [1.29, 1.82) is 0 Å². The van der Waals surface area contributed by atoms with E-state index in [0.29, 0.717) is 6.07 Å². The van der Waals surface area contributed by atoms with Crippen molar-refractivity contribution in [2.75, 3.05) is 11.8 Å². The Balaban J connectivity index is 3.26. The highest BCUT2D eigenvalue weighted by atomic mass is 32.2. The zero-order valence-corrected chi connectivity index (χ0v) is 11.3. The van der Waals surface area contributed by atoms with E-state index in [0.717, 1.165) is 13.2 Å². The van der Waals surface area contributed by atoms with Crippen molar-refractivity contribution < 1.29 is 26.7 Å². The second kappa shape index (κ2) is 5.52. The summed E-state index contributed by atoms with van der Waals surface area (Å²) in [6, 6.07) is 1.18. The van der Waals surface area contributed by atoms with Gasteiger partial charge < -0.3 is 4.74 Å². The predicted octanol–water partition coefficient (Wildman–Crippen LogP) is 1.90. The van der Waals surface area contributed by atoms with Crippen LogP contribution in [0, 0.1) is 11.6 Å². The summed E-state index contributed by atoms with van der Waals surface area (Å²) in [7, 11) is -2.77. The zero-order valence-electron chi connectivity index (χ0n) is 10.5. The van der Waals surface area contributed by atoms with Gasteiger partial charge in [0.05, 0.1) is 23.6 Å². The number of sulfonamides is 1. The van der Waals surface area contributed by atoms with Gasteiger partial charge in [-0.3, -0.25) is 4.72 Å². The molecule has 0 fully saturated rings. The monoisotopic (exact) mass is 293 g/mol. The molecule has 0 aliphatic heterocycles. The van der Waals surface area contributed by atoms with Crippen LogP contribution in [0.3, 0.4) is 0 Å². The lowest BCUT2D eigenvalue weighted by Crippen LogP contribution is -2.23. The van der Waals surface area contributed by atoms with E-state index >= 15 is 0 Å². The van der Waals surface area contributed by atoms with Crippen LogP contribution in [0.15, 0.2) is 12.1 Å². The Morgan fingerprint density at radius 1 is 1.26 bits per heavy atom. The molecule has 0 unspecified atom stereocenters. The Hall–Kier alpha value is -1.70. The van der Waals surface area contributed by atoms with Gasteiger partial charge in [0.1, 0.15) is 11.6 Å². The molecule has 0 atom stereocenters. The molecule has 1 N–H and O–H groups in total. The van der Waals surface area contributed by atoms with Gasteiger partial charge in [0.25, 0.3) is 0 Å². The highest BCUT2D eigenvalue weighted by Crippen LogP contribution is 2.22. The van der Waals surface area contributed by atoms with Crippen molar-refractivity contribution in [3.63, 3.8) is 0 Å². The number of hydrogen-bond acceptors (Lipinski definition) is 4. The third-order valence-electron chi connectivity index (χ3n) is 2.33. The Kier molecular flexibility index (Phi) is 4.46. The maximum Gasteiger partial charge on any atom is 0.340 e. The Bertz CT molecular complexity index is 599. The van der Waals surface area contributed by atoms with Crippen molar-refractivity contribution in [1.82, 2.24) is 0 Å². The first-order chi connectivity index (χ1) is 8.69. The normalized spacial score (nSPS) is 11.5. The van der Waals surface area contributed by atoms with E-state index in [-0.39, 0.29) is 0 Å². The summed E-state index contributed by atoms with van der Waals surface area (Å²) in [6.45, 7) is 2.79. The second-order valence-electron chi connectivity index (χ2n) is 4.00. The lowest BCUT2D eigenvalue weighted by Gasteiger charge is -2.12. The van der Waals surface area contributed by atoms with Crippen molar-refractivity contribution in [3.05, 3.63) is 29.3 Å². The molecule has 0 aliphatic carbocycles. The van der Waals surface area contributed by atoms with Crippen LogP contribution in [0.2, 0.25) is 0 Å². The number of esters is 1. The fourth-order valence-corrected chi connectivity index (χ4v) is 1.86. The largest absolute Gasteiger partial charge is 0.465 e. The van der Waals surface area contributed by atoms with Crippen LogP contribution >= 0.6 is 0 Å². The number of benzene rings is 1. The van der Waals surface area contributed by atoms with Crippen molar-refractivity contribution in [3.8, 4) is 0 Å². The molecule has 0 radical (unpaired) electrons. The summed E-state index contributed by atoms with van der Waals surface area (Å²) in [6.07, 6.45) is 0. The summed E-state index contributed by atoms with van der Waals surface area (Å²) >= 11 is 0. The molecule has 8 heteroatoms. The standard InChI is InChI=1S/C11H13F2NO4S/c1-6(2)19(16,17)14-10-4-7(11(15)18-3)8(12)5-9(10)13/h4-6,14H,1-3H3. The molecule has 0 saturated carbocycles. The fraction of sp³-hybridized carbons (Fsp3) is 0.364. The van der Waals surface area contributed by atoms with E-state index in [1.807, 2.05) is 4.72 Å². The van der Waals surface area contributed by atoms with E-state index in [1.54, 1.807) is 0 Å². The van der Waals surface area contributed by atoms with Gasteiger partial charge in [-0.25, -0.2) is 22.0 Å². The van der Waals surface area contributed by atoms with Crippen LogP contribution in [0.1, 0.15) is 24.2 Å². The Morgan fingerprint density at radius 2 is 1.84 bits per heavy atom. The molecule has 0 aliphatic rings. The van der Waals surface area contributed by atoms with Crippen LogP contribution in [-0.2, 0) is 14.8 Å². The Labute approximate surface area is 109 Å². The van der Waals surface area contributed by atoms with E-state index in [9.17, 15) is 22.0 Å². The molecule has 0 bridgehead atoms. The van der Waals surface area contributed by atoms with Crippen molar-refractivity contribution >= 4 is 21.7 Å². The first-order valence-electron chi connectivity index (χ1n) is 5.28. The van der Waals surface area contributed by atoms with Crippen LogP contribution < -0.4 is 4.72 Å². The minimum absolute atomic E-state index is 0.421. The summed E-state index contributed by atoms with van der Waals surface area (Å²) in [5.74, 6) is -3.27. The molecule has 1 rings (SSSR count). The minimum atomic E-state index is -3.80. The number of carbonyl (C=O) groups is 1. The quantitative estimate of drug-likeness (QED) is 0.861. The van der Waals surface area contributed by atoms with E-state index in [4.69, 9.17) is 0 Å². The molecule has 1 aromatic carbocycles. The highest BCUT2D eigenvalue weighted by molar-refractivity contribution is 7.93. The number of methoxy groups -OCH3 is 1. The van der Waals surface area contributed by atoms with Gasteiger partial charge in [-0.05, 0) is 19.9 Å². The third-order valence-corrected chi connectivity index (χ3v) is 4.08. The van der Waals surface area contributed by atoms with Crippen molar-refractivity contribution in [2.24, 2.45) is 0 Å². The molecular formula is C11H13F2NO4S. The second-order valence-corrected chi connectivity index (χ2v) is 6.24. The number of ether oxygens (including phenoxy) is 1. The molecule has 19 heavy (non-hydrogen) atoms. The highest BCUT2D eigenvalue weighted by Gasteiger charge is 2.21. The molecule has 5 nitrogen and oxygen atoms in total. The first-order valence-corrected chi connectivity index (χ1v) is 6.82. The topological polar surface area (TPSA) is 72.5 Å². The first kappa shape index (κ1) is 15.4. The zero-order chi connectivity index (χ0) is 14.8. The summed E-state index contributed by atoms with van der Waals surface area (Å²) in [5.41, 5.74) is -1.05. The van der Waals surface area contributed by atoms with E-state index < -0.39 is 44.1 Å². The van der Waals surface area contributed by atoms with E-state index in [2.05, 4.69) is 4.74 Å². The van der Waals surface area contributed by atoms with Crippen LogP contribution in [0.5, 0.6) is 0 Å².